The summed E-state index contributed by atoms with van der Waals surface area (Å²) in [6, 6.07) is 22.4. The highest BCUT2D eigenvalue weighted by atomic mass is 16.5. The number of carbonyl (C=O) groups is 2. The van der Waals surface area contributed by atoms with Crippen LogP contribution in [0.25, 0.3) is 0 Å². The summed E-state index contributed by atoms with van der Waals surface area (Å²) in [6.45, 7) is 5.69. The van der Waals surface area contributed by atoms with Crippen LogP contribution in [0.5, 0.6) is 5.75 Å². The Morgan fingerprint density at radius 2 is 1.63 bits per heavy atom. The zero-order chi connectivity index (χ0) is 21.5. The second kappa shape index (κ2) is 9.74. The van der Waals surface area contributed by atoms with E-state index in [9.17, 15) is 9.59 Å². The number of hydrogen-bond acceptors (Lipinski definition) is 3. The summed E-state index contributed by atoms with van der Waals surface area (Å²) in [5.41, 5.74) is 3.88. The highest BCUT2D eigenvalue weighted by Crippen LogP contribution is 2.20. The molecule has 5 nitrogen and oxygen atoms in total. The minimum Gasteiger partial charge on any atom is -0.483 e. The number of nitrogens with one attached hydrogen (secondary N) is 2. The maximum absolute atomic E-state index is 12.8. The Kier molecular flexibility index (Phi) is 6.86. The van der Waals surface area contributed by atoms with Crippen LogP contribution in [0.3, 0.4) is 0 Å². The summed E-state index contributed by atoms with van der Waals surface area (Å²) in [5, 5.41) is 5.76. The molecular formula is C25H26N2O3. The number of rotatable bonds is 7. The van der Waals surface area contributed by atoms with Crippen LogP contribution in [0.15, 0.2) is 72.8 Å². The van der Waals surface area contributed by atoms with Crippen molar-refractivity contribution in [1.29, 1.82) is 0 Å². The summed E-state index contributed by atoms with van der Waals surface area (Å²) < 4.78 is 5.66. The molecule has 0 saturated carbocycles. The average Bonchev–Trinajstić information content (AvgIpc) is 2.75. The Morgan fingerprint density at radius 3 is 2.40 bits per heavy atom. The molecule has 0 aliphatic heterocycles. The van der Waals surface area contributed by atoms with E-state index in [1.807, 2.05) is 69.3 Å². The number of amides is 2. The van der Waals surface area contributed by atoms with Crippen LogP contribution in [0.2, 0.25) is 0 Å². The van der Waals surface area contributed by atoms with Gasteiger partial charge in [0.1, 0.15) is 5.75 Å². The van der Waals surface area contributed by atoms with E-state index < -0.39 is 0 Å². The van der Waals surface area contributed by atoms with Gasteiger partial charge in [0.2, 0.25) is 0 Å². The Balaban J connectivity index is 1.65. The van der Waals surface area contributed by atoms with Crippen LogP contribution in [-0.4, -0.2) is 18.4 Å². The normalized spacial score (nSPS) is 11.4. The zero-order valence-electron chi connectivity index (χ0n) is 17.4. The molecule has 0 radical (unpaired) electrons. The summed E-state index contributed by atoms with van der Waals surface area (Å²) in [6.07, 6.45) is 0. The topological polar surface area (TPSA) is 67.4 Å². The van der Waals surface area contributed by atoms with Crippen LogP contribution < -0.4 is 15.4 Å². The third kappa shape index (κ3) is 5.47. The predicted octanol–water partition coefficient (Wildman–Crippen LogP) is 4.81. The fraction of sp³-hybridized carbons (Fsp3) is 0.200. The smallest absolute Gasteiger partial charge is 0.262 e. The number of ether oxygens (including phenoxy) is 1. The van der Waals surface area contributed by atoms with Crippen molar-refractivity contribution in [2.75, 3.05) is 11.9 Å². The van der Waals surface area contributed by atoms with Gasteiger partial charge in [0, 0.05) is 0 Å². The number of benzene rings is 3. The number of aryl methyl sites for hydroxylation is 2. The molecule has 0 spiro atoms. The SMILES string of the molecule is Cc1ccc(C)c(OCC(=O)Nc2ccccc2C(=O)NC(C)c2ccccc2)c1. The van der Waals surface area contributed by atoms with Crippen LogP contribution in [-0.2, 0) is 4.79 Å². The fourth-order valence-corrected chi connectivity index (χ4v) is 3.08. The van der Waals surface area contributed by atoms with Crippen LogP contribution >= 0.6 is 0 Å². The van der Waals surface area contributed by atoms with Crippen molar-refractivity contribution in [2.45, 2.75) is 26.8 Å². The minimum absolute atomic E-state index is 0.138. The molecule has 1 atom stereocenters. The second-order valence-corrected chi connectivity index (χ2v) is 7.26. The lowest BCUT2D eigenvalue weighted by Crippen LogP contribution is -2.28. The molecular weight excluding hydrogens is 376 g/mol. The number of anilines is 1. The van der Waals surface area contributed by atoms with Crippen molar-refractivity contribution in [3.63, 3.8) is 0 Å². The molecule has 0 bridgehead atoms. The molecule has 1 unspecified atom stereocenters. The van der Waals surface area contributed by atoms with Gasteiger partial charge in [0.15, 0.2) is 6.61 Å². The van der Waals surface area contributed by atoms with Gasteiger partial charge in [-0.15, -0.1) is 0 Å². The first-order valence-electron chi connectivity index (χ1n) is 9.89. The Bertz CT molecular complexity index is 1030. The van der Waals surface area contributed by atoms with Gasteiger partial charge >= 0.3 is 0 Å². The number of para-hydroxylation sites is 1. The first-order valence-corrected chi connectivity index (χ1v) is 9.89. The third-order valence-corrected chi connectivity index (χ3v) is 4.80. The van der Waals surface area contributed by atoms with E-state index in [0.29, 0.717) is 17.0 Å². The molecule has 154 valence electrons. The standard InChI is InChI=1S/C25H26N2O3/c1-17-13-14-18(2)23(15-17)30-16-24(28)27-22-12-8-7-11-21(22)25(29)26-19(3)20-9-5-4-6-10-20/h4-15,19H,16H2,1-3H3,(H,26,29)(H,27,28). The Morgan fingerprint density at radius 1 is 0.933 bits per heavy atom. The van der Waals surface area contributed by atoms with Gasteiger partial charge in [-0.3, -0.25) is 9.59 Å². The minimum atomic E-state index is -0.327. The average molecular weight is 402 g/mol. The van der Waals surface area contributed by atoms with E-state index in [1.165, 1.54) is 0 Å². The molecule has 0 fully saturated rings. The zero-order valence-corrected chi connectivity index (χ0v) is 17.4. The van der Waals surface area contributed by atoms with E-state index in [4.69, 9.17) is 4.74 Å². The predicted molar refractivity (Wildman–Crippen MR) is 119 cm³/mol. The lowest BCUT2D eigenvalue weighted by molar-refractivity contribution is -0.118. The highest BCUT2D eigenvalue weighted by Gasteiger charge is 2.16. The van der Waals surface area contributed by atoms with Gasteiger partial charge < -0.3 is 15.4 Å². The molecule has 0 aromatic heterocycles. The van der Waals surface area contributed by atoms with Crippen molar-refractivity contribution < 1.29 is 14.3 Å². The molecule has 3 rings (SSSR count). The molecule has 0 aliphatic carbocycles. The Hall–Kier alpha value is -3.60. The first-order chi connectivity index (χ1) is 14.4. The molecule has 0 heterocycles. The van der Waals surface area contributed by atoms with Crippen LogP contribution in [0.1, 0.15) is 40.0 Å². The summed E-state index contributed by atoms with van der Waals surface area (Å²) in [4.78, 5) is 25.2. The van der Waals surface area contributed by atoms with E-state index in [2.05, 4.69) is 10.6 Å². The number of carbonyl (C=O) groups excluding carboxylic acids is 2. The molecule has 0 aliphatic rings. The second-order valence-electron chi connectivity index (χ2n) is 7.26. The van der Waals surface area contributed by atoms with Crippen LogP contribution in [0.4, 0.5) is 5.69 Å². The third-order valence-electron chi connectivity index (χ3n) is 4.80. The molecule has 0 saturated heterocycles. The number of hydrogen-bond donors (Lipinski definition) is 2. The molecule has 5 heteroatoms. The maximum Gasteiger partial charge on any atom is 0.262 e. The van der Waals surface area contributed by atoms with Gasteiger partial charge in [-0.05, 0) is 55.7 Å². The molecule has 2 N–H and O–H groups in total. The van der Waals surface area contributed by atoms with Gasteiger partial charge in [0.25, 0.3) is 11.8 Å². The molecule has 30 heavy (non-hydrogen) atoms. The molecule has 3 aromatic carbocycles. The molecule has 3 aromatic rings. The van der Waals surface area contributed by atoms with E-state index in [-0.39, 0.29) is 24.5 Å². The first kappa shape index (κ1) is 21.1. The van der Waals surface area contributed by atoms with Gasteiger partial charge in [-0.1, -0.05) is 54.6 Å². The summed E-state index contributed by atoms with van der Waals surface area (Å²) in [5.74, 6) is 0.0952. The van der Waals surface area contributed by atoms with E-state index >= 15 is 0 Å². The van der Waals surface area contributed by atoms with Gasteiger partial charge in [0.05, 0.1) is 17.3 Å². The van der Waals surface area contributed by atoms with E-state index in [0.717, 1.165) is 16.7 Å². The van der Waals surface area contributed by atoms with Crippen molar-refractivity contribution in [1.82, 2.24) is 5.32 Å². The lowest BCUT2D eigenvalue weighted by Gasteiger charge is -2.16. The van der Waals surface area contributed by atoms with Crippen molar-refractivity contribution in [3.8, 4) is 5.75 Å². The Labute approximate surface area is 177 Å². The highest BCUT2D eigenvalue weighted by molar-refractivity contribution is 6.04. The quantitative estimate of drug-likeness (QED) is 0.596. The largest absolute Gasteiger partial charge is 0.483 e. The van der Waals surface area contributed by atoms with Gasteiger partial charge in [-0.25, -0.2) is 0 Å². The van der Waals surface area contributed by atoms with Gasteiger partial charge in [-0.2, -0.15) is 0 Å². The maximum atomic E-state index is 12.8. The van der Waals surface area contributed by atoms with Crippen molar-refractivity contribution >= 4 is 17.5 Å². The molecule has 2 amide bonds. The fourth-order valence-electron chi connectivity index (χ4n) is 3.08. The van der Waals surface area contributed by atoms with Crippen molar-refractivity contribution in [2.24, 2.45) is 0 Å². The van der Waals surface area contributed by atoms with E-state index in [1.54, 1.807) is 24.3 Å². The summed E-state index contributed by atoms with van der Waals surface area (Å²) in [7, 11) is 0. The van der Waals surface area contributed by atoms with Crippen molar-refractivity contribution in [3.05, 3.63) is 95.1 Å². The summed E-state index contributed by atoms with van der Waals surface area (Å²) >= 11 is 0. The lowest BCUT2D eigenvalue weighted by atomic mass is 10.1. The van der Waals surface area contributed by atoms with Crippen LogP contribution in [0, 0.1) is 13.8 Å². The monoisotopic (exact) mass is 402 g/mol.